The minimum absolute atomic E-state index is 0. The van der Waals surface area contributed by atoms with E-state index in [1.165, 1.54) is 11.1 Å². The number of fused-ring (bicyclic) bond motifs is 1. The Balaban J connectivity index is 0.00000300. The van der Waals surface area contributed by atoms with Crippen LogP contribution in [0.2, 0.25) is 0 Å². The van der Waals surface area contributed by atoms with Crippen molar-refractivity contribution in [1.82, 2.24) is 10.6 Å². The third-order valence-electron chi connectivity index (χ3n) is 4.88. The van der Waals surface area contributed by atoms with Crippen LogP contribution in [-0.2, 0) is 6.42 Å². The van der Waals surface area contributed by atoms with Gasteiger partial charge in [0.25, 0.3) is 0 Å². The third-order valence-corrected chi connectivity index (χ3v) is 4.88. The molecule has 0 saturated heterocycles. The highest BCUT2D eigenvalue weighted by Crippen LogP contribution is 2.33. The molecule has 0 bridgehead atoms. The summed E-state index contributed by atoms with van der Waals surface area (Å²) in [7, 11) is 0. The van der Waals surface area contributed by atoms with Gasteiger partial charge in [-0.15, -0.1) is 24.0 Å². The van der Waals surface area contributed by atoms with Gasteiger partial charge in [-0.2, -0.15) is 0 Å². The molecule has 1 aliphatic carbocycles. The molecule has 2 aromatic carbocycles. The Morgan fingerprint density at radius 2 is 1.86 bits per heavy atom. The Morgan fingerprint density at radius 3 is 2.52 bits per heavy atom. The predicted octanol–water partition coefficient (Wildman–Crippen LogP) is 4.02. The van der Waals surface area contributed by atoms with Crippen LogP contribution in [0.25, 0.3) is 0 Å². The second-order valence-electron chi connectivity index (χ2n) is 7.45. The van der Waals surface area contributed by atoms with Crippen LogP contribution in [0.5, 0.6) is 5.75 Å². The molecule has 3 rings (SSSR count). The van der Waals surface area contributed by atoms with Gasteiger partial charge in [0.2, 0.25) is 0 Å². The summed E-state index contributed by atoms with van der Waals surface area (Å²) in [5.41, 5.74) is 3.70. The molecule has 1 aliphatic rings. The number of hydrogen-bond donors (Lipinski definition) is 3. The van der Waals surface area contributed by atoms with Crippen LogP contribution >= 0.6 is 24.0 Å². The number of halogens is 1. The predicted molar refractivity (Wildman–Crippen MR) is 129 cm³/mol. The minimum Gasteiger partial charge on any atom is -0.491 e. The maximum absolute atomic E-state index is 10.5. The SMILES string of the molecule is CCNC(=NCC(O)c1ccc(OC(C)C)cc1)NCC1Cc2ccccc21.I. The van der Waals surface area contributed by atoms with Gasteiger partial charge in [0.1, 0.15) is 5.75 Å². The fourth-order valence-corrected chi connectivity index (χ4v) is 3.43. The number of aliphatic hydroxyl groups is 1. The Morgan fingerprint density at radius 1 is 1.14 bits per heavy atom. The summed E-state index contributed by atoms with van der Waals surface area (Å²) in [6.07, 6.45) is 0.598. The van der Waals surface area contributed by atoms with Gasteiger partial charge in [0.05, 0.1) is 18.8 Å². The second-order valence-corrected chi connectivity index (χ2v) is 7.45. The van der Waals surface area contributed by atoms with E-state index in [4.69, 9.17) is 4.74 Å². The monoisotopic (exact) mass is 509 g/mol. The van der Waals surface area contributed by atoms with E-state index in [-0.39, 0.29) is 30.1 Å². The van der Waals surface area contributed by atoms with Gasteiger partial charge in [0.15, 0.2) is 5.96 Å². The lowest BCUT2D eigenvalue weighted by Crippen LogP contribution is -2.41. The van der Waals surface area contributed by atoms with Gasteiger partial charge in [-0.05, 0) is 56.0 Å². The molecule has 0 spiro atoms. The van der Waals surface area contributed by atoms with Crippen molar-refractivity contribution in [3.63, 3.8) is 0 Å². The smallest absolute Gasteiger partial charge is 0.191 e. The number of aliphatic hydroxyl groups excluding tert-OH is 1. The molecule has 2 atom stereocenters. The summed E-state index contributed by atoms with van der Waals surface area (Å²) >= 11 is 0. The van der Waals surface area contributed by atoms with E-state index in [9.17, 15) is 5.11 Å². The molecule has 158 valence electrons. The van der Waals surface area contributed by atoms with Crippen molar-refractivity contribution in [2.24, 2.45) is 4.99 Å². The average molecular weight is 509 g/mol. The quantitative estimate of drug-likeness (QED) is 0.286. The van der Waals surface area contributed by atoms with Crippen molar-refractivity contribution >= 4 is 29.9 Å². The molecule has 3 N–H and O–H groups in total. The molecular formula is C23H32IN3O2. The van der Waals surface area contributed by atoms with Crippen molar-refractivity contribution < 1.29 is 9.84 Å². The number of guanidine groups is 1. The molecule has 0 radical (unpaired) electrons. The molecule has 0 saturated carbocycles. The number of rotatable bonds is 8. The van der Waals surface area contributed by atoms with E-state index in [1.54, 1.807) is 0 Å². The van der Waals surface area contributed by atoms with Gasteiger partial charge >= 0.3 is 0 Å². The maximum atomic E-state index is 10.5. The Hall–Kier alpha value is -1.80. The summed E-state index contributed by atoms with van der Waals surface area (Å²) in [6, 6.07) is 16.1. The van der Waals surface area contributed by atoms with Crippen LogP contribution in [0.3, 0.4) is 0 Å². The maximum Gasteiger partial charge on any atom is 0.191 e. The Bertz CT molecular complexity index is 793. The first-order valence-corrected chi connectivity index (χ1v) is 10.1. The molecule has 0 amide bonds. The largest absolute Gasteiger partial charge is 0.491 e. The molecule has 0 aliphatic heterocycles. The number of ether oxygens (including phenoxy) is 1. The van der Waals surface area contributed by atoms with Crippen molar-refractivity contribution in [2.75, 3.05) is 19.6 Å². The molecule has 5 nitrogen and oxygen atoms in total. The molecule has 2 aromatic rings. The summed E-state index contributed by atoms with van der Waals surface area (Å²) < 4.78 is 5.65. The lowest BCUT2D eigenvalue weighted by atomic mass is 9.78. The topological polar surface area (TPSA) is 65.9 Å². The van der Waals surface area contributed by atoms with Crippen molar-refractivity contribution in [3.05, 3.63) is 65.2 Å². The molecule has 0 aromatic heterocycles. The van der Waals surface area contributed by atoms with Crippen LogP contribution in [0.15, 0.2) is 53.5 Å². The summed E-state index contributed by atoms with van der Waals surface area (Å²) in [5, 5.41) is 17.1. The van der Waals surface area contributed by atoms with E-state index in [2.05, 4.69) is 39.9 Å². The van der Waals surface area contributed by atoms with Crippen LogP contribution in [0.1, 0.15) is 49.5 Å². The fourth-order valence-electron chi connectivity index (χ4n) is 3.43. The molecule has 0 fully saturated rings. The van der Waals surface area contributed by atoms with Gasteiger partial charge in [-0.3, -0.25) is 4.99 Å². The van der Waals surface area contributed by atoms with Gasteiger partial charge in [0, 0.05) is 19.0 Å². The lowest BCUT2D eigenvalue weighted by Gasteiger charge is -2.30. The highest BCUT2D eigenvalue weighted by atomic mass is 127. The number of aliphatic imine (C=N–C) groups is 1. The minimum atomic E-state index is -0.645. The van der Waals surface area contributed by atoms with E-state index < -0.39 is 6.10 Å². The van der Waals surface area contributed by atoms with Crippen molar-refractivity contribution in [2.45, 2.75) is 45.3 Å². The van der Waals surface area contributed by atoms with Crippen molar-refractivity contribution in [1.29, 1.82) is 0 Å². The number of benzene rings is 2. The van der Waals surface area contributed by atoms with Gasteiger partial charge in [-0.25, -0.2) is 0 Å². The lowest BCUT2D eigenvalue weighted by molar-refractivity contribution is 0.186. The first-order valence-electron chi connectivity index (χ1n) is 10.1. The summed E-state index contributed by atoms with van der Waals surface area (Å²) in [6.45, 7) is 7.97. The Kier molecular flexibility index (Phi) is 9.23. The zero-order chi connectivity index (χ0) is 19.9. The zero-order valence-corrected chi connectivity index (χ0v) is 19.7. The molecule has 2 unspecified atom stereocenters. The fraction of sp³-hybridized carbons (Fsp3) is 0.435. The van der Waals surface area contributed by atoms with E-state index >= 15 is 0 Å². The highest BCUT2D eigenvalue weighted by Gasteiger charge is 2.25. The zero-order valence-electron chi connectivity index (χ0n) is 17.4. The first kappa shape index (κ1) is 23.5. The number of nitrogens with zero attached hydrogens (tertiary/aromatic N) is 1. The summed E-state index contributed by atoms with van der Waals surface area (Å²) in [5.74, 6) is 2.08. The van der Waals surface area contributed by atoms with Crippen LogP contribution in [-0.4, -0.2) is 36.8 Å². The first-order chi connectivity index (χ1) is 13.6. The van der Waals surface area contributed by atoms with Gasteiger partial charge in [-0.1, -0.05) is 36.4 Å². The highest BCUT2D eigenvalue weighted by molar-refractivity contribution is 14.0. The number of nitrogens with one attached hydrogen (secondary N) is 2. The van der Waals surface area contributed by atoms with Gasteiger partial charge < -0.3 is 20.5 Å². The molecule has 6 heteroatoms. The standard InChI is InChI=1S/C23H31N3O2.HI/c1-4-24-23(25-14-19-13-18-7-5-6-8-21(18)19)26-15-22(27)17-9-11-20(12-10-17)28-16(2)3;/h5-12,16,19,22,27H,4,13-15H2,1-3H3,(H2,24,25,26);1H. The summed E-state index contributed by atoms with van der Waals surface area (Å²) in [4.78, 5) is 4.56. The second kappa shape index (κ2) is 11.4. The van der Waals surface area contributed by atoms with E-state index in [0.717, 1.165) is 36.8 Å². The normalized spacial score (nSPS) is 16.3. The van der Waals surface area contributed by atoms with Crippen molar-refractivity contribution in [3.8, 4) is 5.75 Å². The van der Waals surface area contributed by atoms with Crippen LogP contribution in [0.4, 0.5) is 0 Å². The molecular weight excluding hydrogens is 477 g/mol. The average Bonchev–Trinajstić information content (AvgIpc) is 2.66. The third kappa shape index (κ3) is 6.60. The number of hydrogen-bond acceptors (Lipinski definition) is 3. The van der Waals surface area contributed by atoms with E-state index in [0.29, 0.717) is 12.5 Å². The Labute approximate surface area is 191 Å². The molecule has 29 heavy (non-hydrogen) atoms. The molecule has 0 heterocycles. The van der Waals surface area contributed by atoms with E-state index in [1.807, 2.05) is 45.0 Å². The van der Waals surface area contributed by atoms with Crippen LogP contribution in [0, 0.1) is 0 Å². The van der Waals surface area contributed by atoms with Crippen LogP contribution < -0.4 is 15.4 Å².